The summed E-state index contributed by atoms with van der Waals surface area (Å²) in [6.45, 7) is 5.01. The van der Waals surface area contributed by atoms with Crippen LogP contribution in [0.3, 0.4) is 0 Å². The first-order valence-corrected chi connectivity index (χ1v) is 5.44. The summed E-state index contributed by atoms with van der Waals surface area (Å²) in [6.07, 6.45) is 0.912. The molecule has 0 aliphatic rings. The Labute approximate surface area is 96.1 Å². The minimum Gasteiger partial charge on any atom is -0.481 e. The molecule has 3 nitrogen and oxygen atoms in total. The van der Waals surface area contributed by atoms with Crippen LogP contribution in [0.4, 0.5) is 0 Å². The number of aryl methyl sites for hydroxylation is 2. The molecular weight excluding hydrogens is 204 g/mol. The van der Waals surface area contributed by atoms with Crippen molar-refractivity contribution in [3.63, 3.8) is 0 Å². The standard InChI is InChI=1S/C13H18O3/c1-10-7-11(2)9-12(8-10)3-5-16-6-4-13(14)15/h7-9H,3-6H2,1-2H3,(H,14,15). The van der Waals surface area contributed by atoms with E-state index in [4.69, 9.17) is 9.84 Å². The number of rotatable bonds is 6. The van der Waals surface area contributed by atoms with Gasteiger partial charge in [0.25, 0.3) is 0 Å². The van der Waals surface area contributed by atoms with Gasteiger partial charge >= 0.3 is 5.97 Å². The lowest BCUT2D eigenvalue weighted by Crippen LogP contribution is -2.05. The molecule has 1 N–H and O–H groups in total. The Morgan fingerprint density at radius 2 is 1.81 bits per heavy atom. The maximum atomic E-state index is 10.2. The van der Waals surface area contributed by atoms with Gasteiger partial charge in [0.05, 0.1) is 19.6 Å². The van der Waals surface area contributed by atoms with Crippen molar-refractivity contribution in [2.24, 2.45) is 0 Å². The molecule has 0 aliphatic carbocycles. The lowest BCUT2D eigenvalue weighted by molar-refractivity contribution is -0.138. The van der Waals surface area contributed by atoms with Crippen molar-refractivity contribution in [3.05, 3.63) is 34.9 Å². The Morgan fingerprint density at radius 3 is 2.38 bits per heavy atom. The van der Waals surface area contributed by atoms with Crippen molar-refractivity contribution in [2.45, 2.75) is 26.7 Å². The normalized spacial score (nSPS) is 10.4. The van der Waals surface area contributed by atoms with E-state index in [9.17, 15) is 4.79 Å². The van der Waals surface area contributed by atoms with E-state index in [0.717, 1.165) is 6.42 Å². The van der Waals surface area contributed by atoms with Crippen LogP contribution in [0.1, 0.15) is 23.1 Å². The molecule has 0 aliphatic heterocycles. The number of benzene rings is 1. The van der Waals surface area contributed by atoms with Gasteiger partial charge in [-0.15, -0.1) is 0 Å². The van der Waals surface area contributed by atoms with E-state index in [1.54, 1.807) is 0 Å². The van der Waals surface area contributed by atoms with Crippen LogP contribution < -0.4 is 0 Å². The highest BCUT2D eigenvalue weighted by molar-refractivity contribution is 5.66. The van der Waals surface area contributed by atoms with Crippen LogP contribution in [0.15, 0.2) is 18.2 Å². The molecule has 16 heavy (non-hydrogen) atoms. The number of hydrogen-bond acceptors (Lipinski definition) is 2. The molecule has 0 bridgehead atoms. The number of carboxylic acids is 1. The van der Waals surface area contributed by atoms with Crippen molar-refractivity contribution >= 4 is 5.97 Å². The third kappa shape index (κ3) is 4.94. The van der Waals surface area contributed by atoms with Gasteiger partial charge in [-0.3, -0.25) is 4.79 Å². The van der Waals surface area contributed by atoms with Crippen molar-refractivity contribution in [1.82, 2.24) is 0 Å². The minimum absolute atomic E-state index is 0.0762. The first kappa shape index (κ1) is 12.7. The molecule has 0 saturated heterocycles. The fourth-order valence-corrected chi connectivity index (χ4v) is 1.66. The monoisotopic (exact) mass is 222 g/mol. The summed E-state index contributed by atoms with van der Waals surface area (Å²) in [7, 11) is 0. The van der Waals surface area contributed by atoms with E-state index in [1.807, 2.05) is 0 Å². The molecular formula is C13H18O3. The Bertz CT molecular complexity index is 338. The predicted molar refractivity (Wildman–Crippen MR) is 62.7 cm³/mol. The molecule has 0 fully saturated rings. The largest absolute Gasteiger partial charge is 0.481 e. The van der Waals surface area contributed by atoms with Gasteiger partial charge in [-0.25, -0.2) is 0 Å². The lowest BCUT2D eigenvalue weighted by atomic mass is 10.1. The van der Waals surface area contributed by atoms with Gasteiger partial charge in [0.15, 0.2) is 0 Å². The van der Waals surface area contributed by atoms with Crippen molar-refractivity contribution in [1.29, 1.82) is 0 Å². The second-order valence-corrected chi connectivity index (χ2v) is 4.00. The van der Waals surface area contributed by atoms with Crippen molar-refractivity contribution in [3.8, 4) is 0 Å². The van der Waals surface area contributed by atoms with Gasteiger partial charge in [0, 0.05) is 0 Å². The van der Waals surface area contributed by atoms with Crippen LogP contribution in [0.25, 0.3) is 0 Å². The highest BCUT2D eigenvalue weighted by Crippen LogP contribution is 2.09. The molecule has 1 aromatic rings. The van der Waals surface area contributed by atoms with Gasteiger partial charge in [-0.05, 0) is 25.8 Å². The maximum absolute atomic E-state index is 10.2. The molecule has 0 radical (unpaired) electrons. The highest BCUT2D eigenvalue weighted by atomic mass is 16.5. The zero-order valence-electron chi connectivity index (χ0n) is 9.82. The van der Waals surface area contributed by atoms with E-state index in [0.29, 0.717) is 13.2 Å². The molecule has 0 aromatic heterocycles. The summed E-state index contributed by atoms with van der Waals surface area (Å²) in [5.41, 5.74) is 3.74. The first-order valence-electron chi connectivity index (χ1n) is 5.44. The second-order valence-electron chi connectivity index (χ2n) is 4.00. The summed E-state index contributed by atoms with van der Waals surface area (Å²) in [5.74, 6) is -0.814. The molecule has 3 heteroatoms. The minimum atomic E-state index is -0.814. The Kier molecular flexibility index (Phi) is 4.99. The average molecular weight is 222 g/mol. The fraction of sp³-hybridized carbons (Fsp3) is 0.462. The SMILES string of the molecule is Cc1cc(C)cc(CCOCCC(=O)O)c1. The van der Waals surface area contributed by atoms with Gasteiger partial charge in [0.1, 0.15) is 0 Å². The number of aliphatic carboxylic acids is 1. The molecule has 0 saturated carbocycles. The smallest absolute Gasteiger partial charge is 0.305 e. The Hall–Kier alpha value is -1.35. The van der Waals surface area contributed by atoms with Crippen molar-refractivity contribution < 1.29 is 14.6 Å². The predicted octanol–water partition coefficient (Wildman–Crippen LogP) is 2.34. The number of ether oxygens (including phenoxy) is 1. The molecule has 1 rings (SSSR count). The van der Waals surface area contributed by atoms with Crippen molar-refractivity contribution in [2.75, 3.05) is 13.2 Å². The van der Waals surface area contributed by atoms with E-state index < -0.39 is 5.97 Å². The Morgan fingerprint density at radius 1 is 1.19 bits per heavy atom. The molecule has 0 amide bonds. The second kappa shape index (κ2) is 6.28. The fourth-order valence-electron chi connectivity index (χ4n) is 1.66. The Balaban J connectivity index is 2.29. The van der Waals surface area contributed by atoms with E-state index in [2.05, 4.69) is 32.0 Å². The zero-order valence-corrected chi connectivity index (χ0v) is 9.82. The van der Waals surface area contributed by atoms with E-state index in [1.165, 1.54) is 16.7 Å². The topological polar surface area (TPSA) is 46.5 Å². The molecule has 0 spiro atoms. The van der Waals surface area contributed by atoms with Gasteiger partial charge in [-0.1, -0.05) is 29.3 Å². The van der Waals surface area contributed by atoms with Gasteiger partial charge in [-0.2, -0.15) is 0 Å². The number of carboxylic acid groups (broad SMARTS) is 1. The maximum Gasteiger partial charge on any atom is 0.305 e. The van der Waals surface area contributed by atoms with Gasteiger partial charge in [0.2, 0.25) is 0 Å². The quantitative estimate of drug-likeness (QED) is 0.751. The average Bonchev–Trinajstić information content (AvgIpc) is 2.15. The summed E-state index contributed by atoms with van der Waals surface area (Å²) < 4.78 is 5.25. The molecule has 0 unspecified atom stereocenters. The summed E-state index contributed by atoms with van der Waals surface area (Å²) >= 11 is 0. The molecule has 88 valence electrons. The highest BCUT2D eigenvalue weighted by Gasteiger charge is 1.98. The van der Waals surface area contributed by atoms with E-state index >= 15 is 0 Å². The number of hydrogen-bond donors (Lipinski definition) is 1. The third-order valence-electron chi connectivity index (χ3n) is 2.28. The summed E-state index contributed by atoms with van der Waals surface area (Å²) in [5, 5.41) is 8.42. The zero-order chi connectivity index (χ0) is 12.0. The lowest BCUT2D eigenvalue weighted by Gasteiger charge is -2.05. The number of carbonyl (C=O) groups is 1. The van der Waals surface area contributed by atoms with Crippen LogP contribution in [-0.4, -0.2) is 24.3 Å². The van der Waals surface area contributed by atoms with Crippen LogP contribution in [-0.2, 0) is 16.0 Å². The molecule has 0 atom stereocenters. The molecule has 0 heterocycles. The van der Waals surface area contributed by atoms with Crippen LogP contribution >= 0.6 is 0 Å². The van der Waals surface area contributed by atoms with Gasteiger partial charge < -0.3 is 9.84 Å². The molecule has 1 aromatic carbocycles. The van der Waals surface area contributed by atoms with Crippen LogP contribution in [0, 0.1) is 13.8 Å². The summed E-state index contributed by atoms with van der Waals surface area (Å²) in [6, 6.07) is 6.40. The van der Waals surface area contributed by atoms with Crippen LogP contribution in [0.2, 0.25) is 0 Å². The summed E-state index contributed by atoms with van der Waals surface area (Å²) in [4.78, 5) is 10.2. The van der Waals surface area contributed by atoms with E-state index in [-0.39, 0.29) is 6.42 Å². The first-order chi connectivity index (χ1) is 7.58. The third-order valence-corrected chi connectivity index (χ3v) is 2.28. The van der Waals surface area contributed by atoms with Crippen LogP contribution in [0.5, 0.6) is 0 Å².